The molecule has 1 saturated heterocycles. The maximum absolute atomic E-state index is 8.74. The highest BCUT2D eigenvalue weighted by Crippen LogP contribution is 2.34. The van der Waals surface area contributed by atoms with Gasteiger partial charge in [0.25, 0.3) is 0 Å². The van der Waals surface area contributed by atoms with Crippen molar-refractivity contribution in [2.24, 2.45) is 11.3 Å². The van der Waals surface area contributed by atoms with E-state index in [2.05, 4.69) is 49.6 Å². The highest BCUT2D eigenvalue weighted by Gasteiger charge is 2.27. The summed E-state index contributed by atoms with van der Waals surface area (Å²) in [6, 6.07) is 4.25. The van der Waals surface area contributed by atoms with E-state index in [0.717, 1.165) is 17.3 Å². The monoisotopic (exact) mass is 305 g/mol. The Hall–Kier alpha value is -0.820. The first-order valence-corrected chi connectivity index (χ1v) is 8.71. The predicted molar refractivity (Wildman–Crippen MR) is 90.4 cm³/mol. The lowest BCUT2D eigenvalue weighted by Gasteiger charge is -2.29. The largest absolute Gasteiger partial charge is 0.384 e. The standard InChI is InChI=1S/C18H27NOS/c1-18(2,3)15-6-4-11-19(12-10-15)14-17-9-8-16(21-17)7-5-13-20/h8-9,15,20H,4,6,10-14H2,1-3H3. The molecule has 1 aliphatic rings. The Morgan fingerprint density at radius 3 is 2.81 bits per heavy atom. The van der Waals surface area contributed by atoms with Crippen molar-refractivity contribution in [3.8, 4) is 11.8 Å². The molecule has 21 heavy (non-hydrogen) atoms. The van der Waals surface area contributed by atoms with Gasteiger partial charge in [0.1, 0.15) is 6.61 Å². The summed E-state index contributed by atoms with van der Waals surface area (Å²) in [7, 11) is 0. The number of hydrogen-bond acceptors (Lipinski definition) is 3. The maximum Gasteiger partial charge on any atom is 0.104 e. The molecule has 1 aromatic heterocycles. The zero-order valence-electron chi connectivity index (χ0n) is 13.5. The molecule has 0 bridgehead atoms. The molecular formula is C18H27NOS. The fourth-order valence-corrected chi connectivity index (χ4v) is 3.98. The molecule has 2 rings (SSSR count). The highest BCUT2D eigenvalue weighted by atomic mass is 32.1. The van der Waals surface area contributed by atoms with E-state index in [-0.39, 0.29) is 6.61 Å². The third-order valence-electron chi connectivity index (χ3n) is 4.38. The molecule has 0 amide bonds. The van der Waals surface area contributed by atoms with Crippen LogP contribution in [0.1, 0.15) is 49.8 Å². The first-order chi connectivity index (χ1) is 9.99. The van der Waals surface area contributed by atoms with Gasteiger partial charge in [-0.15, -0.1) is 11.3 Å². The van der Waals surface area contributed by atoms with Gasteiger partial charge in [-0.25, -0.2) is 0 Å². The van der Waals surface area contributed by atoms with E-state index < -0.39 is 0 Å². The van der Waals surface area contributed by atoms with Crippen molar-refractivity contribution in [3.63, 3.8) is 0 Å². The first kappa shape index (κ1) is 16.5. The lowest BCUT2D eigenvalue weighted by atomic mass is 9.77. The van der Waals surface area contributed by atoms with Crippen molar-refractivity contribution < 1.29 is 5.11 Å². The third-order valence-corrected chi connectivity index (χ3v) is 5.36. The van der Waals surface area contributed by atoms with Crippen LogP contribution in [0, 0.1) is 23.2 Å². The summed E-state index contributed by atoms with van der Waals surface area (Å²) >= 11 is 1.75. The second-order valence-corrected chi connectivity index (χ2v) is 8.16. The molecule has 1 fully saturated rings. The van der Waals surface area contributed by atoms with Crippen molar-refractivity contribution in [1.29, 1.82) is 0 Å². The molecule has 0 aliphatic carbocycles. The fraction of sp³-hybridized carbons (Fsp3) is 0.667. The van der Waals surface area contributed by atoms with Gasteiger partial charge in [0.2, 0.25) is 0 Å². The normalized spacial score (nSPS) is 20.7. The van der Waals surface area contributed by atoms with E-state index in [9.17, 15) is 0 Å². The molecule has 1 aliphatic heterocycles. The van der Waals surface area contributed by atoms with Crippen molar-refractivity contribution in [2.75, 3.05) is 19.7 Å². The van der Waals surface area contributed by atoms with E-state index in [4.69, 9.17) is 5.11 Å². The maximum atomic E-state index is 8.74. The number of rotatable bonds is 2. The number of likely N-dealkylation sites (tertiary alicyclic amines) is 1. The number of thiophene rings is 1. The van der Waals surface area contributed by atoms with Crippen molar-refractivity contribution in [3.05, 3.63) is 21.9 Å². The van der Waals surface area contributed by atoms with Crippen LogP contribution in [0.5, 0.6) is 0 Å². The van der Waals surface area contributed by atoms with Crippen LogP contribution >= 0.6 is 11.3 Å². The van der Waals surface area contributed by atoms with Crippen LogP contribution in [0.3, 0.4) is 0 Å². The second kappa shape index (κ2) is 7.45. The average molecular weight is 305 g/mol. The Morgan fingerprint density at radius 2 is 2.10 bits per heavy atom. The highest BCUT2D eigenvalue weighted by molar-refractivity contribution is 7.12. The molecule has 2 nitrogen and oxygen atoms in total. The van der Waals surface area contributed by atoms with Gasteiger partial charge in [-0.2, -0.15) is 0 Å². The van der Waals surface area contributed by atoms with Gasteiger partial charge >= 0.3 is 0 Å². The average Bonchev–Trinajstić information content (AvgIpc) is 2.71. The number of aliphatic hydroxyl groups excluding tert-OH is 1. The molecule has 3 heteroatoms. The van der Waals surface area contributed by atoms with Gasteiger partial charge in [0, 0.05) is 11.4 Å². The molecule has 2 heterocycles. The summed E-state index contributed by atoms with van der Waals surface area (Å²) in [4.78, 5) is 5.02. The zero-order valence-corrected chi connectivity index (χ0v) is 14.3. The van der Waals surface area contributed by atoms with E-state index >= 15 is 0 Å². The third kappa shape index (κ3) is 5.14. The Kier molecular flexibility index (Phi) is 5.87. The van der Waals surface area contributed by atoms with Crippen molar-refractivity contribution in [2.45, 2.75) is 46.6 Å². The van der Waals surface area contributed by atoms with Gasteiger partial charge in [-0.3, -0.25) is 4.90 Å². The van der Waals surface area contributed by atoms with Crippen molar-refractivity contribution >= 4 is 11.3 Å². The summed E-state index contributed by atoms with van der Waals surface area (Å²) in [5, 5.41) is 8.74. The Morgan fingerprint density at radius 1 is 1.29 bits per heavy atom. The molecule has 0 radical (unpaired) electrons. The van der Waals surface area contributed by atoms with Crippen LogP contribution in [0.2, 0.25) is 0 Å². The van der Waals surface area contributed by atoms with Crippen LogP contribution in [0.4, 0.5) is 0 Å². The summed E-state index contributed by atoms with van der Waals surface area (Å²) < 4.78 is 0. The molecule has 1 unspecified atom stereocenters. The summed E-state index contributed by atoms with van der Waals surface area (Å²) in [5.74, 6) is 6.55. The Bertz CT molecular complexity index is 503. The zero-order chi connectivity index (χ0) is 15.3. The number of hydrogen-bond donors (Lipinski definition) is 1. The molecule has 1 N–H and O–H groups in total. The second-order valence-electron chi connectivity index (χ2n) is 7.00. The van der Waals surface area contributed by atoms with E-state index in [1.54, 1.807) is 11.3 Å². The molecule has 1 aromatic rings. The van der Waals surface area contributed by atoms with Crippen LogP contribution in [-0.2, 0) is 6.54 Å². The Balaban J connectivity index is 1.90. The molecular weight excluding hydrogens is 278 g/mol. The number of nitrogens with zero attached hydrogens (tertiary/aromatic N) is 1. The number of aliphatic hydroxyl groups is 1. The minimum atomic E-state index is -0.0620. The fourth-order valence-electron chi connectivity index (χ4n) is 3.06. The summed E-state index contributed by atoms with van der Waals surface area (Å²) in [6.07, 6.45) is 3.98. The van der Waals surface area contributed by atoms with E-state index in [1.807, 2.05) is 0 Å². The quantitative estimate of drug-likeness (QED) is 0.841. The predicted octanol–water partition coefficient (Wildman–Crippen LogP) is 3.74. The SMILES string of the molecule is CC(C)(C)C1CCCN(Cc2ccc(C#CCO)s2)CC1. The van der Waals surface area contributed by atoms with Gasteiger partial charge < -0.3 is 5.11 Å². The smallest absolute Gasteiger partial charge is 0.104 e. The van der Waals surface area contributed by atoms with Gasteiger partial charge in [0.15, 0.2) is 0 Å². The lowest BCUT2D eigenvalue weighted by molar-refractivity contribution is 0.207. The molecule has 0 spiro atoms. The minimum absolute atomic E-state index is 0.0620. The van der Waals surface area contributed by atoms with Gasteiger partial charge in [0.05, 0.1) is 4.88 Å². The summed E-state index contributed by atoms with van der Waals surface area (Å²) in [6.45, 7) is 10.5. The molecule has 0 saturated carbocycles. The van der Waals surface area contributed by atoms with Crippen molar-refractivity contribution in [1.82, 2.24) is 4.90 Å². The topological polar surface area (TPSA) is 23.5 Å². The summed E-state index contributed by atoms with van der Waals surface area (Å²) in [5.41, 5.74) is 0.437. The van der Waals surface area contributed by atoms with Crippen LogP contribution in [-0.4, -0.2) is 29.7 Å². The van der Waals surface area contributed by atoms with Gasteiger partial charge in [-0.1, -0.05) is 32.6 Å². The first-order valence-electron chi connectivity index (χ1n) is 7.90. The van der Waals surface area contributed by atoms with E-state index in [1.165, 1.54) is 37.2 Å². The minimum Gasteiger partial charge on any atom is -0.384 e. The molecule has 1 atom stereocenters. The van der Waals surface area contributed by atoms with Crippen LogP contribution in [0.25, 0.3) is 0 Å². The molecule has 116 valence electrons. The van der Waals surface area contributed by atoms with Crippen LogP contribution in [0.15, 0.2) is 12.1 Å². The van der Waals surface area contributed by atoms with E-state index in [0.29, 0.717) is 5.41 Å². The van der Waals surface area contributed by atoms with Gasteiger partial charge in [-0.05, 0) is 55.8 Å². The molecule has 0 aromatic carbocycles. The Labute approximate surface area is 133 Å². The van der Waals surface area contributed by atoms with Crippen LogP contribution < -0.4 is 0 Å². The lowest BCUT2D eigenvalue weighted by Crippen LogP contribution is -2.25.